The molecule has 0 aliphatic carbocycles. The quantitative estimate of drug-likeness (QED) is 0.706. The van der Waals surface area contributed by atoms with Crippen LogP contribution in [0.15, 0.2) is 30.3 Å². The van der Waals surface area contributed by atoms with Gasteiger partial charge in [0, 0.05) is 6.54 Å². The summed E-state index contributed by atoms with van der Waals surface area (Å²) in [5, 5.41) is 2.71. The summed E-state index contributed by atoms with van der Waals surface area (Å²) in [7, 11) is 0. The lowest BCUT2D eigenvalue weighted by Gasteiger charge is -2.28. The number of carbonyl (C=O) groups is 1. The molecule has 3 nitrogen and oxygen atoms in total. The van der Waals surface area contributed by atoms with Crippen molar-refractivity contribution in [1.29, 1.82) is 0 Å². The molecule has 0 aliphatic heterocycles. The van der Waals surface area contributed by atoms with E-state index in [9.17, 15) is 4.79 Å². The van der Waals surface area contributed by atoms with E-state index in [1.165, 1.54) is 0 Å². The fourth-order valence-electron chi connectivity index (χ4n) is 1.33. The third-order valence-corrected chi connectivity index (χ3v) is 2.34. The van der Waals surface area contributed by atoms with Crippen molar-refractivity contribution in [2.45, 2.75) is 12.5 Å². The summed E-state index contributed by atoms with van der Waals surface area (Å²) >= 11 is 0. The van der Waals surface area contributed by atoms with Crippen LogP contribution in [0.25, 0.3) is 0 Å². The van der Waals surface area contributed by atoms with E-state index >= 15 is 0 Å². The minimum atomic E-state index is -0.606. The summed E-state index contributed by atoms with van der Waals surface area (Å²) in [6.45, 7) is 2.14. The molecule has 78 valence electrons. The van der Waals surface area contributed by atoms with Gasteiger partial charge in [-0.15, -0.1) is 6.42 Å². The molecule has 0 saturated heterocycles. The average molecular weight is 202 g/mol. The van der Waals surface area contributed by atoms with Crippen LogP contribution in [0.1, 0.15) is 12.5 Å². The molecule has 0 saturated carbocycles. The Balaban J connectivity index is 2.96. The zero-order chi connectivity index (χ0) is 11.3. The molecule has 0 radical (unpaired) electrons. The number of rotatable bonds is 3. The van der Waals surface area contributed by atoms with Crippen molar-refractivity contribution >= 4 is 5.91 Å². The zero-order valence-corrected chi connectivity index (χ0v) is 8.66. The second-order valence-corrected chi connectivity index (χ2v) is 3.50. The molecule has 0 bridgehead atoms. The third-order valence-electron chi connectivity index (χ3n) is 2.34. The van der Waals surface area contributed by atoms with Crippen molar-refractivity contribution < 1.29 is 4.79 Å². The molecular formula is C12H14N2O. The molecular weight excluding hydrogens is 188 g/mol. The number of nitrogens with two attached hydrogens (primary N) is 1. The minimum Gasteiger partial charge on any atom is -0.335 e. The van der Waals surface area contributed by atoms with Gasteiger partial charge >= 0.3 is 0 Å². The van der Waals surface area contributed by atoms with Gasteiger partial charge in [0.1, 0.15) is 0 Å². The molecule has 3 N–H and O–H groups in total. The van der Waals surface area contributed by atoms with Crippen LogP contribution in [-0.2, 0) is 10.3 Å². The van der Waals surface area contributed by atoms with Crippen molar-refractivity contribution in [3.05, 3.63) is 35.9 Å². The summed E-state index contributed by atoms with van der Waals surface area (Å²) in [6, 6.07) is 9.51. The normalized spacial score (nSPS) is 13.7. The van der Waals surface area contributed by atoms with Crippen LogP contribution in [-0.4, -0.2) is 12.5 Å². The van der Waals surface area contributed by atoms with E-state index in [-0.39, 0.29) is 0 Å². The maximum absolute atomic E-state index is 11.2. The molecule has 3 heteroatoms. The highest BCUT2D eigenvalue weighted by Gasteiger charge is 2.25. The Labute approximate surface area is 89.7 Å². The topological polar surface area (TPSA) is 55.1 Å². The van der Waals surface area contributed by atoms with Crippen LogP contribution in [0.3, 0.4) is 0 Å². The minimum absolute atomic E-state index is 0.296. The number of nitrogens with one attached hydrogen (secondary N) is 1. The van der Waals surface area contributed by atoms with E-state index in [0.717, 1.165) is 5.56 Å². The summed E-state index contributed by atoms with van der Waals surface area (Å²) in [6.07, 6.45) is 5.01. The Kier molecular flexibility index (Phi) is 3.48. The monoisotopic (exact) mass is 202 g/mol. The van der Waals surface area contributed by atoms with Crippen molar-refractivity contribution in [2.75, 3.05) is 6.54 Å². The molecule has 0 aromatic heterocycles. The van der Waals surface area contributed by atoms with Gasteiger partial charge < -0.3 is 11.1 Å². The Hall–Kier alpha value is -1.79. The number of hydrogen-bond acceptors (Lipinski definition) is 2. The Morgan fingerprint density at radius 3 is 2.60 bits per heavy atom. The van der Waals surface area contributed by atoms with Gasteiger partial charge in [0.25, 0.3) is 5.91 Å². The first-order valence-corrected chi connectivity index (χ1v) is 4.67. The second kappa shape index (κ2) is 4.63. The molecule has 15 heavy (non-hydrogen) atoms. The van der Waals surface area contributed by atoms with Gasteiger partial charge in [0.05, 0.1) is 5.54 Å². The van der Waals surface area contributed by atoms with Gasteiger partial charge in [-0.05, 0) is 18.4 Å². The van der Waals surface area contributed by atoms with E-state index in [4.69, 9.17) is 12.2 Å². The lowest BCUT2D eigenvalue weighted by molar-refractivity contribution is -0.117. The maximum atomic E-state index is 11.2. The van der Waals surface area contributed by atoms with E-state index in [1.54, 1.807) is 0 Å². The highest BCUT2D eigenvalue weighted by molar-refractivity contribution is 5.93. The number of terminal acetylenes is 1. The lowest BCUT2D eigenvalue weighted by Crippen LogP contribution is -2.48. The van der Waals surface area contributed by atoms with Crippen LogP contribution in [0.4, 0.5) is 0 Å². The van der Waals surface area contributed by atoms with Crippen molar-refractivity contribution in [2.24, 2.45) is 5.73 Å². The number of hydrogen-bond donors (Lipinski definition) is 2. The smallest absolute Gasteiger partial charge is 0.296 e. The average Bonchev–Trinajstić information content (AvgIpc) is 2.30. The molecule has 1 amide bonds. The predicted octanol–water partition coefficient (Wildman–Crippen LogP) is 0.610. The second-order valence-electron chi connectivity index (χ2n) is 3.50. The summed E-state index contributed by atoms with van der Waals surface area (Å²) in [5.74, 6) is 1.57. The summed E-state index contributed by atoms with van der Waals surface area (Å²) in [4.78, 5) is 11.2. The molecule has 1 rings (SSSR count). The maximum Gasteiger partial charge on any atom is 0.296 e. The van der Waals surface area contributed by atoms with E-state index in [2.05, 4.69) is 5.32 Å². The van der Waals surface area contributed by atoms with Gasteiger partial charge in [0.2, 0.25) is 0 Å². The van der Waals surface area contributed by atoms with Crippen LogP contribution < -0.4 is 11.1 Å². The van der Waals surface area contributed by atoms with Crippen LogP contribution in [0.5, 0.6) is 0 Å². The van der Waals surface area contributed by atoms with Crippen molar-refractivity contribution in [3.63, 3.8) is 0 Å². The first-order valence-electron chi connectivity index (χ1n) is 4.67. The first-order chi connectivity index (χ1) is 7.12. The number of amides is 1. The van der Waals surface area contributed by atoms with Crippen LogP contribution in [0.2, 0.25) is 0 Å². The van der Waals surface area contributed by atoms with Gasteiger partial charge in [-0.1, -0.05) is 30.3 Å². The van der Waals surface area contributed by atoms with Crippen molar-refractivity contribution in [3.8, 4) is 12.3 Å². The van der Waals surface area contributed by atoms with Crippen LogP contribution >= 0.6 is 0 Å². The standard InChI is InChI=1S/C12H14N2O/c1-3-11(15)14-12(2,9-13)10-7-5-4-6-8-10/h1,4-8H,9,13H2,2H3,(H,14,15). The third kappa shape index (κ3) is 2.58. The number of benzene rings is 1. The molecule has 1 unspecified atom stereocenters. The Morgan fingerprint density at radius 2 is 2.13 bits per heavy atom. The first kappa shape index (κ1) is 11.3. The zero-order valence-electron chi connectivity index (χ0n) is 8.66. The molecule has 1 aromatic rings. The fourth-order valence-corrected chi connectivity index (χ4v) is 1.33. The molecule has 0 spiro atoms. The van der Waals surface area contributed by atoms with Gasteiger partial charge in [-0.25, -0.2) is 0 Å². The highest BCUT2D eigenvalue weighted by atomic mass is 16.1. The lowest BCUT2D eigenvalue weighted by atomic mass is 9.92. The van der Waals surface area contributed by atoms with Gasteiger partial charge in [-0.2, -0.15) is 0 Å². The largest absolute Gasteiger partial charge is 0.335 e. The number of carbonyl (C=O) groups excluding carboxylic acids is 1. The van der Waals surface area contributed by atoms with Gasteiger partial charge in [-0.3, -0.25) is 4.79 Å². The fraction of sp³-hybridized carbons (Fsp3) is 0.250. The molecule has 0 fully saturated rings. The van der Waals surface area contributed by atoms with E-state index in [0.29, 0.717) is 6.54 Å². The van der Waals surface area contributed by atoms with E-state index < -0.39 is 11.4 Å². The summed E-state index contributed by atoms with van der Waals surface area (Å²) < 4.78 is 0. The molecule has 1 aromatic carbocycles. The van der Waals surface area contributed by atoms with Gasteiger partial charge in [0.15, 0.2) is 0 Å². The van der Waals surface area contributed by atoms with Crippen LogP contribution in [0, 0.1) is 12.3 Å². The SMILES string of the molecule is C#CC(=O)NC(C)(CN)c1ccccc1. The van der Waals surface area contributed by atoms with Crippen molar-refractivity contribution in [1.82, 2.24) is 5.32 Å². The Bertz CT molecular complexity index is 380. The highest BCUT2D eigenvalue weighted by Crippen LogP contribution is 2.18. The molecule has 1 atom stereocenters. The molecule has 0 aliphatic rings. The molecule has 0 heterocycles. The summed E-state index contributed by atoms with van der Waals surface area (Å²) in [5.41, 5.74) is 5.99. The Morgan fingerprint density at radius 1 is 1.53 bits per heavy atom. The predicted molar refractivity (Wildman–Crippen MR) is 59.8 cm³/mol. The van der Waals surface area contributed by atoms with E-state index in [1.807, 2.05) is 43.2 Å².